The second-order valence-electron chi connectivity index (χ2n) is 4.94. The van der Waals surface area contributed by atoms with E-state index < -0.39 is 11.8 Å². The van der Waals surface area contributed by atoms with Crippen LogP contribution in [0.5, 0.6) is 0 Å². The molecule has 0 saturated carbocycles. The van der Waals surface area contributed by atoms with Gasteiger partial charge in [-0.05, 0) is 35.9 Å². The molecule has 2 aromatic rings. The lowest BCUT2D eigenvalue weighted by Gasteiger charge is -2.10. The van der Waals surface area contributed by atoms with Crippen LogP contribution in [0.1, 0.15) is 15.9 Å². The fraction of sp³-hybridized carbons (Fsp3) is 0.176. The predicted molar refractivity (Wildman–Crippen MR) is 89.5 cm³/mol. The van der Waals surface area contributed by atoms with Crippen LogP contribution in [0.2, 0.25) is 5.02 Å². The average Bonchev–Trinajstić information content (AvgIpc) is 2.59. The van der Waals surface area contributed by atoms with E-state index in [1.165, 1.54) is 19.2 Å². The maximum atomic E-state index is 13.7. The molecule has 0 atom stereocenters. The highest BCUT2D eigenvalue weighted by molar-refractivity contribution is 6.30. The van der Waals surface area contributed by atoms with Gasteiger partial charge in [0.15, 0.2) is 0 Å². The highest BCUT2D eigenvalue weighted by Crippen LogP contribution is 2.16. The summed E-state index contributed by atoms with van der Waals surface area (Å²) in [7, 11) is 1.24. The van der Waals surface area contributed by atoms with Crippen molar-refractivity contribution < 1.29 is 18.7 Å². The average molecular weight is 351 g/mol. The second kappa shape index (κ2) is 8.31. The number of esters is 1. The SMILES string of the molecule is COC(=O)c1ccc(F)c(NCC(=O)NCc2ccc(Cl)cc2)c1. The van der Waals surface area contributed by atoms with E-state index >= 15 is 0 Å². The van der Waals surface area contributed by atoms with E-state index in [4.69, 9.17) is 11.6 Å². The molecule has 7 heteroatoms. The Morgan fingerprint density at radius 3 is 2.54 bits per heavy atom. The zero-order valence-corrected chi connectivity index (χ0v) is 13.7. The van der Waals surface area contributed by atoms with Gasteiger partial charge < -0.3 is 15.4 Å². The molecule has 0 heterocycles. The van der Waals surface area contributed by atoms with Gasteiger partial charge >= 0.3 is 5.97 Å². The number of hydrogen-bond acceptors (Lipinski definition) is 4. The molecule has 0 unspecified atom stereocenters. The standard InChI is InChI=1S/C17H16ClFN2O3/c1-24-17(23)12-4-7-14(19)15(8-12)20-10-16(22)21-9-11-2-5-13(18)6-3-11/h2-8,20H,9-10H2,1H3,(H,21,22). The quantitative estimate of drug-likeness (QED) is 0.786. The first-order valence-electron chi connectivity index (χ1n) is 7.12. The van der Waals surface area contributed by atoms with E-state index in [2.05, 4.69) is 15.4 Å². The van der Waals surface area contributed by atoms with Crippen LogP contribution < -0.4 is 10.6 Å². The first-order valence-corrected chi connectivity index (χ1v) is 7.50. The molecule has 24 heavy (non-hydrogen) atoms. The minimum absolute atomic E-state index is 0.0551. The lowest BCUT2D eigenvalue weighted by Crippen LogP contribution is -2.29. The zero-order valence-electron chi connectivity index (χ0n) is 12.9. The van der Waals surface area contributed by atoms with Gasteiger partial charge in [-0.2, -0.15) is 0 Å². The lowest BCUT2D eigenvalue weighted by molar-refractivity contribution is -0.119. The van der Waals surface area contributed by atoms with Gasteiger partial charge in [-0.1, -0.05) is 23.7 Å². The van der Waals surface area contributed by atoms with Crippen molar-refractivity contribution in [3.63, 3.8) is 0 Å². The summed E-state index contributed by atoms with van der Waals surface area (Å²) in [5, 5.41) is 5.98. The summed E-state index contributed by atoms with van der Waals surface area (Å²) in [5.41, 5.74) is 1.15. The Hall–Kier alpha value is -2.60. The van der Waals surface area contributed by atoms with Crippen LogP contribution in [0.25, 0.3) is 0 Å². The van der Waals surface area contributed by atoms with Gasteiger partial charge in [0.05, 0.1) is 24.9 Å². The molecule has 0 aliphatic rings. The van der Waals surface area contributed by atoms with Gasteiger partial charge in [-0.15, -0.1) is 0 Å². The number of halogens is 2. The molecule has 0 aliphatic carbocycles. The maximum Gasteiger partial charge on any atom is 0.337 e. The van der Waals surface area contributed by atoms with E-state index in [9.17, 15) is 14.0 Å². The van der Waals surface area contributed by atoms with Crippen LogP contribution in [-0.2, 0) is 16.1 Å². The number of benzene rings is 2. The van der Waals surface area contributed by atoms with Crippen molar-refractivity contribution in [1.82, 2.24) is 5.32 Å². The molecule has 0 aliphatic heterocycles. The second-order valence-corrected chi connectivity index (χ2v) is 5.38. The van der Waals surface area contributed by atoms with Gasteiger partial charge in [0.2, 0.25) is 5.91 Å². The fourth-order valence-electron chi connectivity index (χ4n) is 1.95. The minimum Gasteiger partial charge on any atom is -0.465 e. The maximum absolute atomic E-state index is 13.7. The Morgan fingerprint density at radius 2 is 1.88 bits per heavy atom. The Balaban J connectivity index is 1.89. The van der Waals surface area contributed by atoms with Crippen molar-refractivity contribution in [2.45, 2.75) is 6.54 Å². The molecule has 0 bridgehead atoms. The zero-order chi connectivity index (χ0) is 17.5. The Morgan fingerprint density at radius 1 is 1.17 bits per heavy atom. The molecule has 0 radical (unpaired) electrons. The highest BCUT2D eigenvalue weighted by Gasteiger charge is 2.10. The lowest BCUT2D eigenvalue weighted by atomic mass is 10.2. The molecular formula is C17H16ClFN2O3. The van der Waals surface area contributed by atoms with Crippen LogP contribution in [0.15, 0.2) is 42.5 Å². The van der Waals surface area contributed by atoms with Crippen LogP contribution >= 0.6 is 11.6 Å². The predicted octanol–water partition coefficient (Wildman–Crippen LogP) is 2.99. The molecule has 2 aromatic carbocycles. The summed E-state index contributed by atoms with van der Waals surface area (Å²) in [6.45, 7) is 0.206. The van der Waals surface area contributed by atoms with Crippen LogP contribution in [-0.4, -0.2) is 25.5 Å². The summed E-state index contributed by atoms with van der Waals surface area (Å²) in [5.74, 6) is -1.45. The number of nitrogens with one attached hydrogen (secondary N) is 2. The molecular weight excluding hydrogens is 335 g/mol. The third-order valence-corrected chi connectivity index (χ3v) is 3.48. The van der Waals surface area contributed by atoms with E-state index in [-0.39, 0.29) is 23.7 Å². The van der Waals surface area contributed by atoms with E-state index in [1.54, 1.807) is 24.3 Å². The van der Waals surface area contributed by atoms with Crippen molar-refractivity contribution in [2.24, 2.45) is 0 Å². The summed E-state index contributed by atoms with van der Waals surface area (Å²) in [6, 6.07) is 10.8. The number of carbonyl (C=O) groups excluding carboxylic acids is 2. The molecule has 0 aromatic heterocycles. The topological polar surface area (TPSA) is 67.4 Å². The third-order valence-electron chi connectivity index (χ3n) is 3.23. The van der Waals surface area contributed by atoms with Crippen LogP contribution in [0, 0.1) is 5.82 Å². The number of ether oxygens (including phenoxy) is 1. The summed E-state index contributed by atoms with van der Waals surface area (Å²) in [4.78, 5) is 23.3. The van der Waals surface area contributed by atoms with Gasteiger partial charge in [-0.25, -0.2) is 9.18 Å². The smallest absolute Gasteiger partial charge is 0.337 e. The molecule has 1 amide bonds. The molecule has 5 nitrogen and oxygen atoms in total. The number of rotatable bonds is 6. The van der Waals surface area contributed by atoms with E-state index in [1.807, 2.05) is 0 Å². The summed E-state index contributed by atoms with van der Waals surface area (Å²) in [6.07, 6.45) is 0. The van der Waals surface area contributed by atoms with E-state index in [0.717, 1.165) is 11.6 Å². The normalized spacial score (nSPS) is 10.1. The fourth-order valence-corrected chi connectivity index (χ4v) is 2.07. The Kier molecular flexibility index (Phi) is 6.14. The molecule has 2 rings (SSSR count). The monoisotopic (exact) mass is 350 g/mol. The molecule has 0 saturated heterocycles. The molecule has 126 valence electrons. The first-order chi connectivity index (χ1) is 11.5. The van der Waals surface area contributed by atoms with Crippen molar-refractivity contribution in [2.75, 3.05) is 19.0 Å². The van der Waals surface area contributed by atoms with Crippen LogP contribution in [0.4, 0.5) is 10.1 Å². The van der Waals surface area contributed by atoms with Gasteiger partial charge in [0.1, 0.15) is 5.82 Å². The largest absolute Gasteiger partial charge is 0.465 e. The number of carbonyl (C=O) groups is 2. The van der Waals surface area contributed by atoms with Gasteiger partial charge in [-0.3, -0.25) is 4.79 Å². The third kappa shape index (κ3) is 4.96. The number of anilines is 1. The molecule has 2 N–H and O–H groups in total. The van der Waals surface area contributed by atoms with Crippen molar-refractivity contribution in [1.29, 1.82) is 0 Å². The van der Waals surface area contributed by atoms with Crippen molar-refractivity contribution in [3.8, 4) is 0 Å². The van der Waals surface area contributed by atoms with Gasteiger partial charge in [0, 0.05) is 11.6 Å². The number of hydrogen-bond donors (Lipinski definition) is 2. The summed E-state index contributed by atoms with van der Waals surface area (Å²) < 4.78 is 18.3. The van der Waals surface area contributed by atoms with Gasteiger partial charge in [0.25, 0.3) is 0 Å². The highest BCUT2D eigenvalue weighted by atomic mass is 35.5. The Bertz CT molecular complexity index is 735. The van der Waals surface area contributed by atoms with Crippen LogP contribution in [0.3, 0.4) is 0 Å². The molecule has 0 spiro atoms. The number of amides is 1. The van der Waals surface area contributed by atoms with Crippen molar-refractivity contribution in [3.05, 3.63) is 64.4 Å². The van der Waals surface area contributed by atoms with Crippen molar-refractivity contribution >= 4 is 29.2 Å². The number of methoxy groups -OCH3 is 1. The summed E-state index contributed by atoms with van der Waals surface area (Å²) >= 11 is 5.79. The minimum atomic E-state index is -0.578. The molecule has 0 fully saturated rings. The first kappa shape index (κ1) is 17.7. The van der Waals surface area contributed by atoms with E-state index in [0.29, 0.717) is 11.6 Å². The Labute approximate surface area is 143 Å².